The SMILES string of the molecule is CNCC1(C2(C3CCC3)COC2)CC1. The van der Waals surface area contributed by atoms with Crippen LogP contribution in [0.4, 0.5) is 0 Å². The molecule has 2 aliphatic carbocycles. The average Bonchev–Trinajstić information content (AvgIpc) is 2.74. The summed E-state index contributed by atoms with van der Waals surface area (Å²) in [5.74, 6) is 0.993. The molecule has 0 amide bonds. The Morgan fingerprint density at radius 2 is 2.00 bits per heavy atom. The van der Waals surface area contributed by atoms with Crippen LogP contribution in [0.1, 0.15) is 32.1 Å². The van der Waals surface area contributed by atoms with Crippen LogP contribution in [0.5, 0.6) is 0 Å². The van der Waals surface area contributed by atoms with Crippen molar-refractivity contribution >= 4 is 0 Å². The molecular weight excluding hydrogens is 174 g/mol. The first-order chi connectivity index (χ1) is 6.83. The summed E-state index contributed by atoms with van der Waals surface area (Å²) in [4.78, 5) is 0. The molecule has 3 fully saturated rings. The Morgan fingerprint density at radius 1 is 1.29 bits per heavy atom. The Balaban J connectivity index is 1.78. The van der Waals surface area contributed by atoms with E-state index < -0.39 is 0 Å². The number of ether oxygens (including phenoxy) is 1. The molecule has 0 aromatic rings. The molecule has 1 aliphatic heterocycles. The molecule has 0 aromatic carbocycles. The van der Waals surface area contributed by atoms with Crippen LogP contribution in [-0.2, 0) is 4.74 Å². The molecule has 1 heterocycles. The molecule has 0 atom stereocenters. The topological polar surface area (TPSA) is 21.3 Å². The molecule has 2 saturated carbocycles. The molecule has 1 saturated heterocycles. The lowest BCUT2D eigenvalue weighted by Gasteiger charge is -2.56. The molecule has 0 aromatic heterocycles. The predicted molar refractivity (Wildman–Crippen MR) is 56.2 cm³/mol. The molecular formula is C12H21NO. The van der Waals surface area contributed by atoms with Gasteiger partial charge < -0.3 is 10.1 Å². The van der Waals surface area contributed by atoms with Crippen LogP contribution in [0.15, 0.2) is 0 Å². The van der Waals surface area contributed by atoms with E-state index in [9.17, 15) is 0 Å². The smallest absolute Gasteiger partial charge is 0.0553 e. The molecule has 80 valence electrons. The molecule has 0 spiro atoms. The van der Waals surface area contributed by atoms with Crippen LogP contribution in [0.2, 0.25) is 0 Å². The summed E-state index contributed by atoms with van der Waals surface area (Å²) < 4.78 is 5.54. The van der Waals surface area contributed by atoms with Crippen molar-refractivity contribution in [3.63, 3.8) is 0 Å². The third-order valence-corrected chi connectivity index (χ3v) is 5.03. The van der Waals surface area contributed by atoms with Gasteiger partial charge in [0.1, 0.15) is 0 Å². The van der Waals surface area contributed by atoms with Gasteiger partial charge >= 0.3 is 0 Å². The van der Waals surface area contributed by atoms with Gasteiger partial charge in [0.2, 0.25) is 0 Å². The van der Waals surface area contributed by atoms with Crippen LogP contribution in [0.3, 0.4) is 0 Å². The molecule has 0 unspecified atom stereocenters. The Bertz CT molecular complexity index is 226. The summed E-state index contributed by atoms with van der Waals surface area (Å²) in [7, 11) is 2.09. The lowest BCUT2D eigenvalue weighted by molar-refractivity contribution is -0.201. The molecule has 14 heavy (non-hydrogen) atoms. The van der Waals surface area contributed by atoms with Crippen molar-refractivity contribution in [2.45, 2.75) is 32.1 Å². The van der Waals surface area contributed by atoms with Gasteiger partial charge in [0.05, 0.1) is 13.2 Å². The standard InChI is InChI=1S/C12H21NO/c1-13-7-11(5-6-11)12(8-14-9-12)10-3-2-4-10/h10,13H,2-9H2,1H3. The predicted octanol–water partition coefficient (Wildman–Crippen LogP) is 1.80. The highest BCUT2D eigenvalue weighted by Crippen LogP contribution is 2.67. The Hall–Kier alpha value is -0.0800. The molecule has 0 radical (unpaired) electrons. The van der Waals surface area contributed by atoms with Crippen LogP contribution in [-0.4, -0.2) is 26.8 Å². The molecule has 3 rings (SSSR count). The summed E-state index contributed by atoms with van der Waals surface area (Å²) in [6.07, 6.45) is 7.27. The zero-order chi connectivity index (χ0) is 9.65. The summed E-state index contributed by atoms with van der Waals surface area (Å²) in [5.41, 5.74) is 1.22. The molecule has 1 N–H and O–H groups in total. The van der Waals surface area contributed by atoms with Crippen molar-refractivity contribution in [1.29, 1.82) is 0 Å². The lowest BCUT2D eigenvalue weighted by Crippen LogP contribution is -2.58. The number of hydrogen-bond donors (Lipinski definition) is 1. The van der Waals surface area contributed by atoms with Crippen LogP contribution in [0.25, 0.3) is 0 Å². The maximum Gasteiger partial charge on any atom is 0.0553 e. The zero-order valence-electron chi connectivity index (χ0n) is 9.14. The van der Waals surface area contributed by atoms with Crippen molar-refractivity contribution in [2.24, 2.45) is 16.7 Å². The van der Waals surface area contributed by atoms with E-state index in [1.165, 1.54) is 38.6 Å². The van der Waals surface area contributed by atoms with Gasteiger partial charge in [-0.2, -0.15) is 0 Å². The van der Waals surface area contributed by atoms with Gasteiger partial charge in [-0.3, -0.25) is 0 Å². The third-order valence-electron chi connectivity index (χ3n) is 5.03. The fourth-order valence-electron chi connectivity index (χ4n) is 3.60. The molecule has 2 nitrogen and oxygen atoms in total. The minimum Gasteiger partial charge on any atom is -0.380 e. The average molecular weight is 195 g/mol. The van der Waals surface area contributed by atoms with Crippen LogP contribution in [0, 0.1) is 16.7 Å². The first kappa shape index (κ1) is 9.17. The fraction of sp³-hybridized carbons (Fsp3) is 1.00. The van der Waals surface area contributed by atoms with Crippen molar-refractivity contribution in [3.05, 3.63) is 0 Å². The van der Waals surface area contributed by atoms with Gasteiger partial charge in [0.15, 0.2) is 0 Å². The summed E-state index contributed by atoms with van der Waals surface area (Å²) >= 11 is 0. The monoisotopic (exact) mass is 195 g/mol. The van der Waals surface area contributed by atoms with Gasteiger partial charge in [-0.25, -0.2) is 0 Å². The second-order valence-corrected chi connectivity index (χ2v) is 5.59. The van der Waals surface area contributed by atoms with Gasteiger partial charge in [-0.1, -0.05) is 6.42 Å². The van der Waals surface area contributed by atoms with E-state index in [0.717, 1.165) is 19.1 Å². The van der Waals surface area contributed by atoms with E-state index in [4.69, 9.17) is 4.74 Å². The van der Waals surface area contributed by atoms with Gasteiger partial charge in [0, 0.05) is 12.0 Å². The molecule has 0 bridgehead atoms. The minimum absolute atomic E-state index is 0.592. The zero-order valence-corrected chi connectivity index (χ0v) is 9.14. The number of hydrogen-bond acceptors (Lipinski definition) is 2. The Labute approximate surface area is 86.4 Å². The quantitative estimate of drug-likeness (QED) is 0.738. The summed E-state index contributed by atoms with van der Waals surface area (Å²) in [6.45, 7) is 3.32. The largest absolute Gasteiger partial charge is 0.380 e. The first-order valence-corrected chi connectivity index (χ1v) is 6.05. The summed E-state index contributed by atoms with van der Waals surface area (Å²) in [6, 6.07) is 0. The Kier molecular flexibility index (Phi) is 1.94. The van der Waals surface area contributed by atoms with Crippen LogP contribution < -0.4 is 5.32 Å². The normalized spacial score (nSPS) is 33.2. The molecule has 2 heteroatoms. The molecule has 3 aliphatic rings. The highest BCUT2D eigenvalue weighted by atomic mass is 16.5. The highest BCUT2D eigenvalue weighted by Gasteiger charge is 2.65. The van der Waals surface area contributed by atoms with E-state index in [2.05, 4.69) is 12.4 Å². The Morgan fingerprint density at radius 3 is 2.29 bits per heavy atom. The maximum absolute atomic E-state index is 5.54. The first-order valence-electron chi connectivity index (χ1n) is 6.05. The third kappa shape index (κ3) is 0.989. The van der Waals surface area contributed by atoms with E-state index >= 15 is 0 Å². The second kappa shape index (κ2) is 2.96. The number of rotatable bonds is 4. The highest BCUT2D eigenvalue weighted by molar-refractivity contribution is 5.14. The number of nitrogens with one attached hydrogen (secondary N) is 1. The summed E-state index contributed by atoms with van der Waals surface area (Å²) in [5, 5.41) is 3.39. The maximum atomic E-state index is 5.54. The minimum atomic E-state index is 0.592. The van der Waals surface area contributed by atoms with Crippen molar-refractivity contribution in [3.8, 4) is 0 Å². The van der Waals surface area contributed by atoms with E-state index in [1.807, 2.05) is 0 Å². The van der Waals surface area contributed by atoms with Crippen molar-refractivity contribution in [2.75, 3.05) is 26.8 Å². The van der Waals surface area contributed by atoms with Crippen molar-refractivity contribution < 1.29 is 4.74 Å². The van der Waals surface area contributed by atoms with Gasteiger partial charge in [-0.15, -0.1) is 0 Å². The van der Waals surface area contributed by atoms with Gasteiger partial charge in [-0.05, 0) is 44.1 Å². The van der Waals surface area contributed by atoms with E-state index in [-0.39, 0.29) is 0 Å². The van der Waals surface area contributed by atoms with Gasteiger partial charge in [0.25, 0.3) is 0 Å². The lowest BCUT2D eigenvalue weighted by atomic mass is 9.56. The fourth-order valence-corrected chi connectivity index (χ4v) is 3.60. The van der Waals surface area contributed by atoms with Crippen LogP contribution >= 0.6 is 0 Å². The second-order valence-electron chi connectivity index (χ2n) is 5.59. The van der Waals surface area contributed by atoms with E-state index in [0.29, 0.717) is 10.8 Å². The van der Waals surface area contributed by atoms with Crippen molar-refractivity contribution in [1.82, 2.24) is 5.32 Å². The van der Waals surface area contributed by atoms with E-state index in [1.54, 1.807) is 0 Å².